The number of nitrogens with zero attached hydrogens (tertiary/aromatic N) is 2. The average molecular weight is 863 g/mol. The molecule has 13 nitrogen and oxygen atoms in total. The fourth-order valence-corrected chi connectivity index (χ4v) is 8.93. The molecule has 1 aliphatic rings. The zero-order valence-electron chi connectivity index (χ0n) is 33.3. The number of methoxy groups -OCH3 is 2. The van der Waals surface area contributed by atoms with Gasteiger partial charge in [-0.05, 0) is 66.2 Å². The van der Waals surface area contributed by atoms with Crippen molar-refractivity contribution < 1.29 is 44.9 Å². The normalized spacial score (nSPS) is 12.9. The van der Waals surface area contributed by atoms with Crippen molar-refractivity contribution in [2.24, 2.45) is 0 Å². The van der Waals surface area contributed by atoms with E-state index in [1.165, 1.54) is 77.5 Å². The summed E-state index contributed by atoms with van der Waals surface area (Å²) in [6, 6.07) is 37.2. The highest BCUT2D eigenvalue weighted by molar-refractivity contribution is 7.86. The monoisotopic (exact) mass is 862 g/mol. The highest BCUT2D eigenvalue weighted by Gasteiger charge is 2.23. The summed E-state index contributed by atoms with van der Waals surface area (Å²) in [7, 11) is -3.73. The summed E-state index contributed by atoms with van der Waals surface area (Å²) >= 11 is 0. The van der Waals surface area contributed by atoms with Gasteiger partial charge in [-0.15, -0.1) is 0 Å². The van der Waals surface area contributed by atoms with Crippen molar-refractivity contribution in [3.63, 3.8) is 0 Å². The van der Waals surface area contributed by atoms with Crippen molar-refractivity contribution >= 4 is 52.9 Å². The second-order valence-electron chi connectivity index (χ2n) is 14.3. The van der Waals surface area contributed by atoms with Crippen molar-refractivity contribution in [1.29, 1.82) is 0 Å². The summed E-state index contributed by atoms with van der Waals surface area (Å²) < 4.78 is 80.9. The van der Waals surface area contributed by atoms with E-state index in [0.717, 1.165) is 43.8 Å². The molecule has 1 aliphatic heterocycles. The minimum Gasteiger partial charge on any atom is -0.504 e. The Kier molecular flexibility index (Phi) is 12.3. The lowest BCUT2D eigenvalue weighted by molar-refractivity contribution is 0.310. The highest BCUT2D eigenvalue weighted by atomic mass is 32.2. The first-order valence-corrected chi connectivity index (χ1v) is 21.8. The molecule has 9 rings (SSSR count). The quantitative estimate of drug-likeness (QED) is 0.131. The molecule has 0 unspecified atom stereocenters. The molecule has 0 atom stereocenters. The molecular formula is C46H42N2O11S2. The summed E-state index contributed by atoms with van der Waals surface area (Å²) in [4.78, 5) is 14.2. The number of aromatic hydroxyl groups is 1. The molecule has 2 aromatic heterocycles. The molecule has 3 heterocycles. The first-order valence-electron chi connectivity index (χ1n) is 18.9. The van der Waals surface area contributed by atoms with E-state index in [4.69, 9.17) is 23.0 Å². The van der Waals surface area contributed by atoms with E-state index in [9.17, 15) is 26.7 Å². The number of aromatic nitrogens is 1. The van der Waals surface area contributed by atoms with Crippen molar-refractivity contribution in [3.8, 4) is 28.4 Å². The summed E-state index contributed by atoms with van der Waals surface area (Å²) in [5, 5.41) is 11.6. The van der Waals surface area contributed by atoms with Crippen LogP contribution in [0.2, 0.25) is 0 Å². The van der Waals surface area contributed by atoms with Gasteiger partial charge >= 0.3 is 0 Å². The summed E-state index contributed by atoms with van der Waals surface area (Å²) in [5.74, 6) is 0.784. The lowest BCUT2D eigenvalue weighted by Gasteiger charge is -2.24. The number of phenols is 1. The van der Waals surface area contributed by atoms with Crippen LogP contribution < -0.4 is 14.9 Å². The molecule has 0 amide bonds. The van der Waals surface area contributed by atoms with Gasteiger partial charge in [0.1, 0.15) is 21.8 Å². The summed E-state index contributed by atoms with van der Waals surface area (Å²) in [6.07, 6.45) is 2.52. The molecule has 8 aromatic rings. The zero-order valence-corrected chi connectivity index (χ0v) is 35.0. The average Bonchev–Trinajstić information content (AvgIpc) is 3.55. The number of benzene rings is 6. The molecule has 0 spiro atoms. The Labute approximate surface area is 352 Å². The number of para-hydroxylation sites is 1. The molecular weight excluding hydrogens is 821 g/mol. The number of ether oxygens (including phenoxy) is 2. The van der Waals surface area contributed by atoms with Crippen LogP contribution in [0.25, 0.3) is 43.8 Å². The van der Waals surface area contributed by atoms with E-state index < -0.39 is 30.0 Å². The minimum atomic E-state index is -4.47. The molecule has 0 fully saturated rings. The molecule has 0 radical (unpaired) electrons. The van der Waals surface area contributed by atoms with Gasteiger partial charge in [-0.3, -0.25) is 13.9 Å². The van der Waals surface area contributed by atoms with Gasteiger partial charge in [-0.25, -0.2) is 0 Å². The molecule has 314 valence electrons. The largest absolute Gasteiger partial charge is 0.504 e. The Morgan fingerprint density at radius 1 is 0.689 bits per heavy atom. The molecule has 61 heavy (non-hydrogen) atoms. The van der Waals surface area contributed by atoms with Crippen molar-refractivity contribution in [1.82, 2.24) is 9.47 Å². The molecule has 0 saturated carbocycles. The van der Waals surface area contributed by atoms with E-state index in [1.54, 1.807) is 31.4 Å². The van der Waals surface area contributed by atoms with Gasteiger partial charge in [-0.1, -0.05) is 84.9 Å². The van der Waals surface area contributed by atoms with Gasteiger partial charge in [0.2, 0.25) is 11.2 Å². The lowest BCUT2D eigenvalue weighted by Crippen LogP contribution is -2.27. The van der Waals surface area contributed by atoms with Crippen LogP contribution in [0, 0.1) is 0 Å². The topological polar surface area (TPSA) is 186 Å². The number of hydrogen-bond donors (Lipinski definition) is 3. The van der Waals surface area contributed by atoms with E-state index in [1.807, 2.05) is 0 Å². The minimum absolute atomic E-state index is 0.0233. The maximum atomic E-state index is 12.6. The SMILES string of the molecule is CN1CCc2c(c3ccccc3n2Cc2ccccc2)C1.COc1ccc(-c2coc3c(OC)c(O)ccc3c2=O)cc1.O=S(=O)(O)c1cccc2c(S(=O)(=O)O)cccc12. The number of phenolic OH excluding ortho intramolecular Hbond substituents is 1. The molecule has 0 aliphatic carbocycles. The van der Waals surface area contributed by atoms with Gasteiger partial charge in [0.25, 0.3) is 20.2 Å². The van der Waals surface area contributed by atoms with E-state index in [-0.39, 0.29) is 33.3 Å². The van der Waals surface area contributed by atoms with Gasteiger partial charge < -0.3 is 28.5 Å². The third-order valence-corrected chi connectivity index (χ3v) is 12.2. The van der Waals surface area contributed by atoms with E-state index in [2.05, 4.69) is 71.1 Å². The predicted molar refractivity (Wildman–Crippen MR) is 234 cm³/mol. The smallest absolute Gasteiger partial charge is 0.295 e. The molecule has 3 N–H and O–H groups in total. The predicted octanol–water partition coefficient (Wildman–Crippen LogP) is 8.19. The van der Waals surface area contributed by atoms with Crippen LogP contribution in [0.1, 0.15) is 16.8 Å². The first-order chi connectivity index (χ1) is 29.2. The maximum absolute atomic E-state index is 12.6. The third-order valence-electron chi connectivity index (χ3n) is 10.4. The van der Waals surface area contributed by atoms with Crippen LogP contribution in [0.15, 0.2) is 153 Å². The zero-order chi connectivity index (χ0) is 43.5. The second kappa shape index (κ2) is 17.6. The Hall–Kier alpha value is -6.49. The van der Waals surface area contributed by atoms with Gasteiger partial charge in [0.05, 0.1) is 25.2 Å². The number of hydrogen-bond acceptors (Lipinski definition) is 10. The number of fused-ring (bicyclic) bond motifs is 5. The Morgan fingerprint density at radius 2 is 1.30 bits per heavy atom. The Balaban J connectivity index is 0.000000139. The number of likely N-dealkylation sites (N-methyl/N-ethyl adjacent to an activating group) is 1. The van der Waals surface area contributed by atoms with Crippen LogP contribution in [0.5, 0.6) is 17.2 Å². The molecule has 15 heteroatoms. The summed E-state index contributed by atoms with van der Waals surface area (Å²) in [5.41, 5.74) is 7.00. The van der Waals surface area contributed by atoms with Crippen LogP contribution in [-0.2, 0) is 39.7 Å². The maximum Gasteiger partial charge on any atom is 0.295 e. The summed E-state index contributed by atoms with van der Waals surface area (Å²) in [6.45, 7) is 3.19. The van der Waals surface area contributed by atoms with Crippen LogP contribution >= 0.6 is 0 Å². The van der Waals surface area contributed by atoms with E-state index in [0.29, 0.717) is 16.7 Å². The standard InChI is InChI=1S/C19H20N2.C17H14O5.C10H8O6S2/c1-20-12-11-19-17(14-20)16-9-5-6-10-18(16)21(19)13-15-7-3-2-4-8-15;1-20-11-5-3-10(4-6-11)13-9-22-16-12(15(13)19)7-8-14(18)17(16)21-2;11-17(12,13)9-5-1-3-7-8(9)4-2-6-10(7)18(14,15)16/h2-10H,11-14H2,1H3;3-9,18H,1-2H3;1-6H,(H,11,12,13)(H,14,15,16). The van der Waals surface area contributed by atoms with Crippen LogP contribution in [0.3, 0.4) is 0 Å². The van der Waals surface area contributed by atoms with Crippen LogP contribution in [-0.4, -0.2) is 68.3 Å². The Morgan fingerprint density at radius 3 is 1.90 bits per heavy atom. The fraction of sp³-hybridized carbons (Fsp3) is 0.152. The molecule has 0 saturated heterocycles. The van der Waals surface area contributed by atoms with Crippen molar-refractivity contribution in [3.05, 3.63) is 161 Å². The van der Waals surface area contributed by atoms with Crippen molar-refractivity contribution in [2.45, 2.75) is 29.3 Å². The number of rotatable bonds is 7. The fourth-order valence-electron chi connectivity index (χ4n) is 7.52. The first kappa shape index (κ1) is 42.6. The van der Waals surface area contributed by atoms with Crippen LogP contribution in [0.4, 0.5) is 0 Å². The van der Waals surface area contributed by atoms with Crippen molar-refractivity contribution in [2.75, 3.05) is 27.8 Å². The second-order valence-corrected chi connectivity index (χ2v) is 17.0. The Bertz CT molecular complexity index is 3090. The molecule has 0 bridgehead atoms. The third kappa shape index (κ3) is 9.01. The van der Waals surface area contributed by atoms with Gasteiger partial charge in [-0.2, -0.15) is 16.8 Å². The lowest BCUT2D eigenvalue weighted by atomic mass is 10.1. The highest BCUT2D eigenvalue weighted by Crippen LogP contribution is 2.35. The van der Waals surface area contributed by atoms with E-state index >= 15 is 0 Å². The molecule has 6 aromatic carbocycles. The van der Waals surface area contributed by atoms with Gasteiger partial charge in [0, 0.05) is 53.4 Å². The van der Waals surface area contributed by atoms with Gasteiger partial charge in [0.15, 0.2) is 11.3 Å².